The summed E-state index contributed by atoms with van der Waals surface area (Å²) in [6, 6.07) is 14.4. The third kappa shape index (κ3) is 8.66. The summed E-state index contributed by atoms with van der Waals surface area (Å²) in [7, 11) is 0. The molecule has 0 aliphatic heterocycles. The van der Waals surface area contributed by atoms with Crippen molar-refractivity contribution in [3.8, 4) is 22.8 Å². The zero-order chi connectivity index (χ0) is 28.5. The molecule has 3 rings (SSSR count). The molecule has 3 aromatic rings. The maximum absolute atomic E-state index is 11.4. The number of aromatic nitrogens is 3. The van der Waals surface area contributed by atoms with Crippen LogP contribution >= 0.6 is 0 Å². The first kappa shape index (κ1) is 28.8. The average Bonchev–Trinajstić information content (AvgIpc) is 2.87. The van der Waals surface area contributed by atoms with Gasteiger partial charge in [-0.1, -0.05) is 18.2 Å². The Kier molecular flexibility index (Phi) is 9.73. The second-order valence-corrected chi connectivity index (χ2v) is 8.68. The van der Waals surface area contributed by atoms with Crippen LogP contribution in [0.15, 0.2) is 54.6 Å². The molecule has 0 aliphatic carbocycles. The monoisotopic (exact) mass is 537 g/mol. The molecule has 1 atom stereocenters. The van der Waals surface area contributed by atoms with Crippen LogP contribution < -0.4 is 0 Å². The fraction of sp³-hybridized carbons (Fsp3) is 0.269. The lowest BCUT2D eigenvalue weighted by molar-refractivity contribution is -0.146. The van der Waals surface area contributed by atoms with Gasteiger partial charge in [0.15, 0.2) is 0 Å². The fourth-order valence-electron chi connectivity index (χ4n) is 3.79. The van der Waals surface area contributed by atoms with E-state index in [0.29, 0.717) is 34.2 Å². The number of pyridine rings is 3. The third-order valence-corrected chi connectivity index (χ3v) is 5.60. The van der Waals surface area contributed by atoms with E-state index in [1.807, 2.05) is 0 Å². The maximum atomic E-state index is 11.4. The predicted octanol–water partition coefficient (Wildman–Crippen LogP) is 1.54. The highest BCUT2D eigenvalue weighted by molar-refractivity contribution is 5.75. The first-order valence-electron chi connectivity index (χ1n) is 11.8. The standard InChI is InChI=1S/C26H27N5O8/c1-16(26(38)39)31(15-25(36)37)12-18-6-3-8-20(28-18)22-10-4-9-21(29-22)19-7-2-5-17(27-19)11-30(13-23(32)33)14-24(34)35/h2-10,16H,11-15H2,1H3,(H,32,33)(H,34,35)(H,36,37)(H,38,39). The SMILES string of the molecule is CC(C(=O)O)N(CC(=O)O)Cc1cccc(-c2cccc(-c3cccc(CN(CC(=O)O)CC(=O)O)n3)n2)n1. The molecule has 1 unspecified atom stereocenters. The topological polar surface area (TPSA) is 194 Å². The van der Waals surface area contributed by atoms with E-state index >= 15 is 0 Å². The number of hydrogen-bond donors (Lipinski definition) is 4. The summed E-state index contributed by atoms with van der Waals surface area (Å²) in [5.74, 6) is -4.61. The van der Waals surface area contributed by atoms with Gasteiger partial charge in [-0.3, -0.25) is 29.0 Å². The number of carboxylic acid groups (broad SMARTS) is 4. The van der Waals surface area contributed by atoms with Crippen molar-refractivity contribution in [2.75, 3.05) is 19.6 Å². The van der Waals surface area contributed by atoms with E-state index in [0.717, 1.165) is 0 Å². The minimum atomic E-state index is -1.16. The molecule has 0 saturated carbocycles. The summed E-state index contributed by atoms with van der Waals surface area (Å²) in [6.45, 7) is 0.0406. The zero-order valence-corrected chi connectivity index (χ0v) is 21.0. The molecule has 0 saturated heterocycles. The fourth-order valence-corrected chi connectivity index (χ4v) is 3.79. The predicted molar refractivity (Wildman–Crippen MR) is 136 cm³/mol. The van der Waals surface area contributed by atoms with Crippen molar-refractivity contribution < 1.29 is 39.6 Å². The second-order valence-electron chi connectivity index (χ2n) is 8.68. The van der Waals surface area contributed by atoms with Crippen molar-refractivity contribution in [1.82, 2.24) is 24.8 Å². The van der Waals surface area contributed by atoms with Gasteiger partial charge in [0.05, 0.1) is 53.8 Å². The molecular weight excluding hydrogens is 510 g/mol. The molecule has 0 spiro atoms. The molecule has 3 heterocycles. The highest BCUT2D eigenvalue weighted by atomic mass is 16.4. The largest absolute Gasteiger partial charge is 0.480 e. The Balaban J connectivity index is 1.85. The molecule has 0 radical (unpaired) electrons. The number of carbonyl (C=O) groups is 4. The molecule has 39 heavy (non-hydrogen) atoms. The lowest BCUT2D eigenvalue weighted by Crippen LogP contribution is -2.41. The summed E-state index contributed by atoms with van der Waals surface area (Å²) < 4.78 is 0. The van der Waals surface area contributed by atoms with Crippen LogP contribution in [0.4, 0.5) is 0 Å². The van der Waals surface area contributed by atoms with Crippen LogP contribution in [-0.2, 0) is 32.3 Å². The van der Waals surface area contributed by atoms with Crippen LogP contribution in [0.3, 0.4) is 0 Å². The van der Waals surface area contributed by atoms with Gasteiger partial charge in [-0.2, -0.15) is 0 Å². The van der Waals surface area contributed by atoms with Crippen LogP contribution in [0.5, 0.6) is 0 Å². The summed E-state index contributed by atoms with van der Waals surface area (Å²) >= 11 is 0. The zero-order valence-electron chi connectivity index (χ0n) is 21.0. The van der Waals surface area contributed by atoms with Gasteiger partial charge in [0.25, 0.3) is 0 Å². The Morgan fingerprint density at radius 2 is 1.05 bits per heavy atom. The van der Waals surface area contributed by atoms with Gasteiger partial charge in [0.2, 0.25) is 0 Å². The molecule has 204 valence electrons. The second kappa shape index (κ2) is 13.2. The van der Waals surface area contributed by atoms with Gasteiger partial charge in [-0.25, -0.2) is 15.0 Å². The molecule has 0 amide bonds. The van der Waals surface area contributed by atoms with Gasteiger partial charge >= 0.3 is 23.9 Å². The Hall–Kier alpha value is -4.75. The van der Waals surface area contributed by atoms with Crippen LogP contribution in [0.2, 0.25) is 0 Å². The van der Waals surface area contributed by atoms with Gasteiger partial charge < -0.3 is 20.4 Å². The summed E-state index contributed by atoms with van der Waals surface area (Å²) in [4.78, 5) is 61.1. The van der Waals surface area contributed by atoms with E-state index in [1.165, 1.54) is 16.7 Å². The van der Waals surface area contributed by atoms with Crippen molar-refractivity contribution >= 4 is 23.9 Å². The normalized spacial score (nSPS) is 11.9. The van der Waals surface area contributed by atoms with E-state index in [2.05, 4.69) is 15.0 Å². The highest BCUT2D eigenvalue weighted by Gasteiger charge is 2.23. The molecule has 4 N–H and O–H groups in total. The number of nitrogens with zero attached hydrogens (tertiary/aromatic N) is 5. The van der Waals surface area contributed by atoms with Crippen LogP contribution in [0.1, 0.15) is 18.3 Å². The molecule has 13 heteroatoms. The molecule has 13 nitrogen and oxygen atoms in total. The Morgan fingerprint density at radius 1 is 0.641 bits per heavy atom. The molecule has 0 aromatic carbocycles. The van der Waals surface area contributed by atoms with E-state index in [-0.39, 0.29) is 13.1 Å². The van der Waals surface area contributed by atoms with Gasteiger partial charge in [-0.15, -0.1) is 0 Å². The van der Waals surface area contributed by atoms with Crippen LogP contribution in [0, 0.1) is 0 Å². The van der Waals surface area contributed by atoms with Crippen molar-refractivity contribution in [2.24, 2.45) is 0 Å². The van der Waals surface area contributed by atoms with E-state index in [4.69, 9.17) is 10.2 Å². The van der Waals surface area contributed by atoms with E-state index < -0.39 is 49.6 Å². The summed E-state index contributed by atoms with van der Waals surface area (Å²) in [5.41, 5.74) is 2.89. The van der Waals surface area contributed by atoms with Gasteiger partial charge in [0, 0.05) is 13.1 Å². The quantitative estimate of drug-likeness (QED) is 0.231. The lowest BCUT2D eigenvalue weighted by atomic mass is 10.1. The maximum Gasteiger partial charge on any atom is 0.320 e. The van der Waals surface area contributed by atoms with Crippen molar-refractivity contribution in [3.05, 3.63) is 66.0 Å². The smallest absolute Gasteiger partial charge is 0.320 e. The Bertz CT molecular complexity index is 1350. The summed E-state index contributed by atoms with van der Waals surface area (Å²) in [5, 5.41) is 36.7. The van der Waals surface area contributed by atoms with E-state index in [9.17, 15) is 29.4 Å². The number of rotatable bonds is 14. The molecular formula is C26H27N5O8. The van der Waals surface area contributed by atoms with Gasteiger partial charge in [-0.05, 0) is 43.3 Å². The number of aliphatic carboxylic acids is 4. The van der Waals surface area contributed by atoms with E-state index in [1.54, 1.807) is 54.6 Å². The first-order valence-corrected chi connectivity index (χ1v) is 11.8. The third-order valence-electron chi connectivity index (χ3n) is 5.60. The molecule has 3 aromatic heterocycles. The first-order chi connectivity index (χ1) is 18.5. The minimum Gasteiger partial charge on any atom is -0.480 e. The van der Waals surface area contributed by atoms with Crippen LogP contribution in [-0.4, -0.2) is 94.7 Å². The van der Waals surface area contributed by atoms with Gasteiger partial charge in [0.1, 0.15) is 6.04 Å². The summed E-state index contributed by atoms with van der Waals surface area (Å²) in [6.07, 6.45) is 0. The number of carboxylic acids is 4. The lowest BCUT2D eigenvalue weighted by Gasteiger charge is -2.24. The molecule has 0 bridgehead atoms. The Morgan fingerprint density at radius 3 is 1.49 bits per heavy atom. The molecule has 0 fully saturated rings. The highest BCUT2D eigenvalue weighted by Crippen LogP contribution is 2.21. The minimum absolute atomic E-state index is 0.0000833. The molecule has 0 aliphatic rings. The van der Waals surface area contributed by atoms with Crippen molar-refractivity contribution in [1.29, 1.82) is 0 Å². The van der Waals surface area contributed by atoms with Crippen molar-refractivity contribution in [2.45, 2.75) is 26.1 Å². The average molecular weight is 538 g/mol. The number of hydrogen-bond acceptors (Lipinski definition) is 9. The van der Waals surface area contributed by atoms with Crippen LogP contribution in [0.25, 0.3) is 22.8 Å². The van der Waals surface area contributed by atoms with Crippen molar-refractivity contribution in [3.63, 3.8) is 0 Å². The Labute approximate surface area is 223 Å².